The summed E-state index contributed by atoms with van der Waals surface area (Å²) in [5.74, 6) is 0.930. The molecule has 1 fully saturated rings. The molecule has 2 heteroatoms. The van der Waals surface area contributed by atoms with Crippen molar-refractivity contribution in [1.29, 1.82) is 0 Å². The summed E-state index contributed by atoms with van der Waals surface area (Å²) in [5.41, 5.74) is 0. The number of thiophene rings is 1. The van der Waals surface area contributed by atoms with Crippen LogP contribution in [0.1, 0.15) is 22.6 Å². The van der Waals surface area contributed by atoms with Gasteiger partial charge in [-0.2, -0.15) is 0 Å². The van der Waals surface area contributed by atoms with Crippen LogP contribution in [-0.2, 0) is 6.42 Å². The lowest BCUT2D eigenvalue weighted by Gasteiger charge is -2.21. The van der Waals surface area contributed by atoms with Gasteiger partial charge in [-0.1, -0.05) is 0 Å². The van der Waals surface area contributed by atoms with Gasteiger partial charge in [0, 0.05) is 9.75 Å². The van der Waals surface area contributed by atoms with Crippen molar-refractivity contribution in [3.8, 4) is 0 Å². The van der Waals surface area contributed by atoms with Gasteiger partial charge in [0.2, 0.25) is 0 Å². The first-order valence-corrected chi connectivity index (χ1v) is 5.92. The fourth-order valence-corrected chi connectivity index (χ4v) is 2.97. The van der Waals surface area contributed by atoms with Crippen LogP contribution in [0.3, 0.4) is 0 Å². The monoisotopic (exact) mass is 195 g/mol. The van der Waals surface area contributed by atoms with E-state index < -0.39 is 0 Å². The highest BCUT2D eigenvalue weighted by Gasteiger charge is 2.13. The molecule has 1 aliphatic rings. The van der Waals surface area contributed by atoms with E-state index in [0.717, 1.165) is 5.92 Å². The van der Waals surface area contributed by atoms with E-state index in [0.29, 0.717) is 0 Å². The van der Waals surface area contributed by atoms with E-state index in [2.05, 4.69) is 24.4 Å². The minimum Gasteiger partial charge on any atom is -0.317 e. The topological polar surface area (TPSA) is 12.0 Å². The zero-order chi connectivity index (χ0) is 9.10. The Morgan fingerprint density at radius 2 is 2.15 bits per heavy atom. The molecule has 0 spiro atoms. The molecule has 1 aromatic heterocycles. The van der Waals surface area contributed by atoms with Gasteiger partial charge in [-0.15, -0.1) is 11.3 Å². The second kappa shape index (κ2) is 4.25. The third-order valence-corrected chi connectivity index (χ3v) is 3.77. The van der Waals surface area contributed by atoms with Gasteiger partial charge in [-0.05, 0) is 57.3 Å². The third kappa shape index (κ3) is 2.55. The average Bonchev–Trinajstić information content (AvgIpc) is 2.53. The van der Waals surface area contributed by atoms with Crippen LogP contribution in [0.5, 0.6) is 0 Å². The van der Waals surface area contributed by atoms with E-state index in [9.17, 15) is 0 Å². The van der Waals surface area contributed by atoms with Gasteiger partial charge in [0.25, 0.3) is 0 Å². The van der Waals surface area contributed by atoms with Crippen LogP contribution in [0.15, 0.2) is 12.1 Å². The second-order valence-electron chi connectivity index (χ2n) is 3.91. The molecule has 0 amide bonds. The second-order valence-corrected chi connectivity index (χ2v) is 5.28. The molecular formula is C11H17NS. The molecule has 13 heavy (non-hydrogen) atoms. The number of hydrogen-bond acceptors (Lipinski definition) is 2. The highest BCUT2D eigenvalue weighted by atomic mass is 32.1. The molecule has 0 saturated carbocycles. The van der Waals surface area contributed by atoms with Crippen molar-refractivity contribution in [2.24, 2.45) is 5.92 Å². The van der Waals surface area contributed by atoms with Crippen LogP contribution >= 0.6 is 11.3 Å². The number of nitrogens with one attached hydrogen (secondary N) is 1. The summed E-state index contributed by atoms with van der Waals surface area (Å²) < 4.78 is 0. The largest absolute Gasteiger partial charge is 0.317 e. The Labute approximate surface area is 84.2 Å². The number of rotatable bonds is 2. The fourth-order valence-electron chi connectivity index (χ4n) is 1.97. The Morgan fingerprint density at radius 3 is 2.77 bits per heavy atom. The maximum Gasteiger partial charge on any atom is 0.00508 e. The average molecular weight is 195 g/mol. The normalized spacial score (nSPS) is 19.2. The Morgan fingerprint density at radius 1 is 1.38 bits per heavy atom. The molecule has 1 nitrogen and oxygen atoms in total. The van der Waals surface area contributed by atoms with Gasteiger partial charge in [-0.3, -0.25) is 0 Å². The van der Waals surface area contributed by atoms with E-state index in [1.807, 2.05) is 11.3 Å². The van der Waals surface area contributed by atoms with E-state index in [1.165, 1.54) is 37.2 Å². The molecule has 0 aromatic carbocycles. The lowest BCUT2D eigenvalue weighted by molar-refractivity contribution is 0.374. The number of piperidine rings is 1. The first-order chi connectivity index (χ1) is 6.34. The van der Waals surface area contributed by atoms with Crippen molar-refractivity contribution in [2.45, 2.75) is 26.2 Å². The van der Waals surface area contributed by atoms with Crippen LogP contribution < -0.4 is 5.32 Å². The van der Waals surface area contributed by atoms with E-state index in [-0.39, 0.29) is 0 Å². The molecule has 0 unspecified atom stereocenters. The van der Waals surface area contributed by atoms with Crippen molar-refractivity contribution in [3.63, 3.8) is 0 Å². The maximum atomic E-state index is 3.41. The third-order valence-electron chi connectivity index (χ3n) is 2.74. The summed E-state index contributed by atoms with van der Waals surface area (Å²) in [4.78, 5) is 3.02. The van der Waals surface area contributed by atoms with Crippen molar-refractivity contribution >= 4 is 11.3 Å². The lowest BCUT2D eigenvalue weighted by Crippen LogP contribution is -2.28. The molecule has 0 radical (unpaired) electrons. The lowest BCUT2D eigenvalue weighted by atomic mass is 9.94. The molecule has 0 bridgehead atoms. The smallest absolute Gasteiger partial charge is 0.00508 e. The summed E-state index contributed by atoms with van der Waals surface area (Å²) in [7, 11) is 0. The fraction of sp³-hybridized carbons (Fsp3) is 0.636. The molecule has 1 saturated heterocycles. The molecular weight excluding hydrogens is 178 g/mol. The molecule has 2 rings (SSSR count). The molecule has 2 heterocycles. The Balaban J connectivity index is 1.89. The summed E-state index contributed by atoms with van der Waals surface area (Å²) in [5, 5.41) is 3.41. The zero-order valence-corrected chi connectivity index (χ0v) is 8.99. The molecule has 1 aromatic rings. The highest BCUT2D eigenvalue weighted by molar-refractivity contribution is 7.11. The molecule has 1 aliphatic heterocycles. The molecule has 72 valence electrons. The van der Waals surface area contributed by atoms with Crippen LogP contribution in [-0.4, -0.2) is 13.1 Å². The maximum absolute atomic E-state index is 3.41. The van der Waals surface area contributed by atoms with Crippen LogP contribution in [0, 0.1) is 12.8 Å². The molecule has 0 atom stereocenters. The Bertz CT molecular complexity index is 261. The van der Waals surface area contributed by atoms with Gasteiger partial charge in [0.15, 0.2) is 0 Å². The number of aryl methyl sites for hydroxylation is 1. The van der Waals surface area contributed by atoms with Crippen LogP contribution in [0.25, 0.3) is 0 Å². The van der Waals surface area contributed by atoms with Crippen LogP contribution in [0.4, 0.5) is 0 Å². The quantitative estimate of drug-likeness (QED) is 0.765. The van der Waals surface area contributed by atoms with Gasteiger partial charge in [-0.25, -0.2) is 0 Å². The standard InChI is InChI=1S/C11H17NS/c1-9-2-3-11(13-9)8-10-4-6-12-7-5-10/h2-3,10,12H,4-8H2,1H3. The van der Waals surface area contributed by atoms with Crippen molar-refractivity contribution in [2.75, 3.05) is 13.1 Å². The first kappa shape index (κ1) is 9.22. The predicted molar refractivity (Wildman–Crippen MR) is 58.4 cm³/mol. The van der Waals surface area contributed by atoms with Crippen molar-refractivity contribution in [3.05, 3.63) is 21.9 Å². The van der Waals surface area contributed by atoms with E-state index in [1.54, 1.807) is 4.88 Å². The van der Waals surface area contributed by atoms with Crippen molar-refractivity contribution < 1.29 is 0 Å². The molecule has 1 N–H and O–H groups in total. The van der Waals surface area contributed by atoms with Gasteiger partial charge in [0.05, 0.1) is 0 Å². The minimum atomic E-state index is 0.930. The molecule has 0 aliphatic carbocycles. The zero-order valence-electron chi connectivity index (χ0n) is 8.18. The summed E-state index contributed by atoms with van der Waals surface area (Å²) >= 11 is 1.96. The minimum absolute atomic E-state index is 0.930. The number of hydrogen-bond donors (Lipinski definition) is 1. The van der Waals surface area contributed by atoms with Gasteiger partial charge < -0.3 is 5.32 Å². The van der Waals surface area contributed by atoms with Crippen molar-refractivity contribution in [1.82, 2.24) is 5.32 Å². The SMILES string of the molecule is Cc1ccc(CC2CCNCC2)s1. The predicted octanol–water partition coefficient (Wildman–Crippen LogP) is 2.60. The van der Waals surface area contributed by atoms with Gasteiger partial charge in [0.1, 0.15) is 0 Å². The Hall–Kier alpha value is -0.340. The summed E-state index contributed by atoms with van der Waals surface area (Å²) in [6.07, 6.45) is 4.02. The van der Waals surface area contributed by atoms with Crippen LogP contribution in [0.2, 0.25) is 0 Å². The first-order valence-electron chi connectivity index (χ1n) is 5.10. The van der Waals surface area contributed by atoms with E-state index in [4.69, 9.17) is 0 Å². The summed E-state index contributed by atoms with van der Waals surface area (Å²) in [6, 6.07) is 4.53. The van der Waals surface area contributed by atoms with E-state index >= 15 is 0 Å². The highest BCUT2D eigenvalue weighted by Crippen LogP contribution is 2.23. The Kier molecular flexibility index (Phi) is 3.01. The summed E-state index contributed by atoms with van der Waals surface area (Å²) in [6.45, 7) is 4.63. The van der Waals surface area contributed by atoms with Gasteiger partial charge >= 0.3 is 0 Å².